The number of anilines is 2. The Balaban J connectivity index is 1.70. The summed E-state index contributed by atoms with van der Waals surface area (Å²) in [6.45, 7) is 2.69. The van der Waals surface area contributed by atoms with Crippen molar-refractivity contribution in [3.05, 3.63) is 47.9 Å². The van der Waals surface area contributed by atoms with Crippen LogP contribution in [0.3, 0.4) is 0 Å². The van der Waals surface area contributed by atoms with Gasteiger partial charge in [0, 0.05) is 12.2 Å². The zero-order valence-corrected chi connectivity index (χ0v) is 12.2. The van der Waals surface area contributed by atoms with Gasteiger partial charge in [-0.2, -0.15) is 5.26 Å². The van der Waals surface area contributed by atoms with E-state index in [1.807, 2.05) is 37.3 Å². The third-order valence-corrected chi connectivity index (χ3v) is 3.64. The van der Waals surface area contributed by atoms with Gasteiger partial charge in [0.15, 0.2) is 5.69 Å². The van der Waals surface area contributed by atoms with Crippen LogP contribution in [0.4, 0.5) is 11.5 Å². The third kappa shape index (κ3) is 2.74. The average Bonchev–Trinajstić information content (AvgIpc) is 2.90. The van der Waals surface area contributed by atoms with Crippen LogP contribution in [0.2, 0.25) is 0 Å². The second-order valence-electron chi connectivity index (χ2n) is 5.21. The van der Waals surface area contributed by atoms with E-state index in [9.17, 15) is 4.79 Å². The van der Waals surface area contributed by atoms with Crippen molar-refractivity contribution in [3.8, 4) is 6.07 Å². The van der Waals surface area contributed by atoms with Gasteiger partial charge in [0.2, 0.25) is 5.91 Å². The van der Waals surface area contributed by atoms with Crippen LogP contribution in [0.1, 0.15) is 17.7 Å². The van der Waals surface area contributed by atoms with Crippen molar-refractivity contribution in [1.29, 1.82) is 5.26 Å². The van der Waals surface area contributed by atoms with E-state index in [1.54, 1.807) is 4.90 Å². The second kappa shape index (κ2) is 5.82. The number of nitriles is 1. The topological polar surface area (TPSA) is 81.9 Å². The van der Waals surface area contributed by atoms with Gasteiger partial charge in [-0.15, -0.1) is 0 Å². The van der Waals surface area contributed by atoms with Gasteiger partial charge in [-0.25, -0.2) is 9.97 Å². The quantitative estimate of drug-likeness (QED) is 0.934. The summed E-state index contributed by atoms with van der Waals surface area (Å²) in [5, 5.41) is 11.8. The van der Waals surface area contributed by atoms with Crippen molar-refractivity contribution in [2.45, 2.75) is 19.4 Å². The lowest BCUT2D eigenvalue weighted by atomic mass is 10.2. The number of nitrogens with zero attached hydrogens (tertiary/aromatic N) is 4. The van der Waals surface area contributed by atoms with E-state index in [-0.39, 0.29) is 17.6 Å². The highest BCUT2D eigenvalue weighted by Crippen LogP contribution is 2.23. The first-order valence-electron chi connectivity index (χ1n) is 7.04. The fourth-order valence-electron chi connectivity index (χ4n) is 2.43. The molecule has 6 heteroatoms. The van der Waals surface area contributed by atoms with Crippen molar-refractivity contribution in [3.63, 3.8) is 0 Å². The summed E-state index contributed by atoms with van der Waals surface area (Å²) in [4.78, 5) is 22.3. The molecule has 0 bridgehead atoms. The molecule has 1 fully saturated rings. The predicted molar refractivity (Wildman–Crippen MR) is 82.3 cm³/mol. The van der Waals surface area contributed by atoms with Gasteiger partial charge >= 0.3 is 0 Å². The molecule has 0 aliphatic carbocycles. The van der Waals surface area contributed by atoms with Gasteiger partial charge < -0.3 is 10.2 Å². The molecule has 6 nitrogen and oxygen atoms in total. The monoisotopic (exact) mass is 293 g/mol. The highest BCUT2D eigenvalue weighted by atomic mass is 16.2. The van der Waals surface area contributed by atoms with E-state index in [1.165, 1.54) is 12.4 Å². The molecule has 0 spiro atoms. The fourth-order valence-corrected chi connectivity index (χ4v) is 2.43. The number of aromatic nitrogens is 2. The number of carbonyl (C=O) groups is 1. The molecule has 0 radical (unpaired) electrons. The Morgan fingerprint density at radius 1 is 1.27 bits per heavy atom. The molecule has 1 saturated heterocycles. The van der Waals surface area contributed by atoms with E-state index >= 15 is 0 Å². The highest BCUT2D eigenvalue weighted by molar-refractivity contribution is 6.00. The maximum absolute atomic E-state index is 12.5. The smallest absolute Gasteiger partial charge is 0.249 e. The van der Waals surface area contributed by atoms with Crippen LogP contribution in [0.15, 0.2) is 36.7 Å². The van der Waals surface area contributed by atoms with Gasteiger partial charge in [-0.1, -0.05) is 17.7 Å². The van der Waals surface area contributed by atoms with E-state index < -0.39 is 0 Å². The molecule has 22 heavy (non-hydrogen) atoms. The summed E-state index contributed by atoms with van der Waals surface area (Å²) in [6, 6.07) is 9.50. The number of hydrogen-bond donors (Lipinski definition) is 1. The average molecular weight is 293 g/mol. The Morgan fingerprint density at radius 3 is 2.68 bits per heavy atom. The van der Waals surface area contributed by atoms with Crippen LogP contribution in [-0.4, -0.2) is 28.5 Å². The Morgan fingerprint density at radius 2 is 2.05 bits per heavy atom. The van der Waals surface area contributed by atoms with Crippen LogP contribution >= 0.6 is 0 Å². The van der Waals surface area contributed by atoms with Crippen molar-refractivity contribution < 1.29 is 4.79 Å². The minimum absolute atomic E-state index is 0.0232. The summed E-state index contributed by atoms with van der Waals surface area (Å²) < 4.78 is 0. The molecule has 1 aromatic heterocycles. The number of rotatable bonds is 3. The van der Waals surface area contributed by atoms with Gasteiger partial charge in [-0.05, 0) is 25.5 Å². The fraction of sp³-hybridized carbons (Fsp3) is 0.250. The largest absolute Gasteiger partial charge is 0.357 e. The number of hydrogen-bond acceptors (Lipinski definition) is 5. The van der Waals surface area contributed by atoms with Gasteiger partial charge in [-0.3, -0.25) is 4.79 Å². The molecule has 3 rings (SSSR count). The lowest BCUT2D eigenvalue weighted by Crippen LogP contribution is -2.33. The van der Waals surface area contributed by atoms with Crippen LogP contribution in [0, 0.1) is 18.3 Å². The van der Waals surface area contributed by atoms with Crippen molar-refractivity contribution in [2.24, 2.45) is 0 Å². The van der Waals surface area contributed by atoms with Crippen LogP contribution < -0.4 is 10.2 Å². The molecule has 1 amide bonds. The molecule has 1 aliphatic rings. The summed E-state index contributed by atoms with van der Waals surface area (Å²) >= 11 is 0. The first-order valence-corrected chi connectivity index (χ1v) is 7.04. The van der Waals surface area contributed by atoms with Gasteiger partial charge in [0.25, 0.3) is 0 Å². The lowest BCUT2D eigenvalue weighted by Gasteiger charge is -2.17. The summed E-state index contributed by atoms with van der Waals surface area (Å²) in [5.74, 6) is 0.526. The van der Waals surface area contributed by atoms with Crippen LogP contribution in [0.25, 0.3) is 0 Å². The molecular formula is C16H15N5O. The Kier molecular flexibility index (Phi) is 3.71. The molecular weight excluding hydrogens is 278 g/mol. The molecule has 1 aromatic carbocycles. The molecule has 1 unspecified atom stereocenters. The summed E-state index contributed by atoms with van der Waals surface area (Å²) in [5.41, 5.74) is 2.33. The zero-order chi connectivity index (χ0) is 15.5. The SMILES string of the molecule is Cc1ccc(N2CCC(Nc3cnc(C#N)cn3)C2=O)cc1. The molecule has 2 heterocycles. The molecule has 1 N–H and O–H groups in total. The number of amides is 1. The van der Waals surface area contributed by atoms with E-state index in [4.69, 9.17) is 5.26 Å². The maximum atomic E-state index is 12.5. The normalized spacial score (nSPS) is 17.4. The van der Waals surface area contributed by atoms with Crippen LogP contribution in [0.5, 0.6) is 0 Å². The maximum Gasteiger partial charge on any atom is 0.249 e. The standard InChI is InChI=1S/C16H15N5O/c1-11-2-4-13(5-3-11)21-7-6-14(16(21)22)20-15-10-18-12(8-17)9-19-15/h2-5,9-10,14H,6-7H2,1H3,(H,19,20). The summed E-state index contributed by atoms with van der Waals surface area (Å²) in [7, 11) is 0. The Bertz CT molecular complexity index is 718. The summed E-state index contributed by atoms with van der Waals surface area (Å²) in [6.07, 6.45) is 3.56. The van der Waals surface area contributed by atoms with Crippen molar-refractivity contribution in [2.75, 3.05) is 16.8 Å². The minimum atomic E-state index is -0.316. The molecule has 110 valence electrons. The third-order valence-electron chi connectivity index (χ3n) is 3.64. The first kappa shape index (κ1) is 14.0. The molecule has 1 atom stereocenters. The highest BCUT2D eigenvalue weighted by Gasteiger charge is 2.32. The van der Waals surface area contributed by atoms with Gasteiger partial charge in [0.1, 0.15) is 17.9 Å². The molecule has 2 aromatic rings. The molecule has 1 aliphatic heterocycles. The zero-order valence-electron chi connectivity index (χ0n) is 12.2. The second-order valence-corrected chi connectivity index (χ2v) is 5.21. The Labute approximate surface area is 128 Å². The number of aryl methyl sites for hydroxylation is 1. The van der Waals surface area contributed by atoms with E-state index in [0.717, 1.165) is 11.3 Å². The van der Waals surface area contributed by atoms with Crippen molar-refractivity contribution in [1.82, 2.24) is 9.97 Å². The van der Waals surface area contributed by atoms with E-state index in [2.05, 4.69) is 15.3 Å². The van der Waals surface area contributed by atoms with E-state index in [0.29, 0.717) is 18.8 Å². The molecule has 0 saturated carbocycles. The predicted octanol–water partition coefficient (Wildman–Crippen LogP) is 1.87. The Hall–Kier alpha value is -2.94. The van der Waals surface area contributed by atoms with Gasteiger partial charge in [0.05, 0.1) is 12.4 Å². The van der Waals surface area contributed by atoms with Crippen molar-refractivity contribution >= 4 is 17.4 Å². The number of nitrogens with one attached hydrogen (secondary N) is 1. The lowest BCUT2D eigenvalue weighted by molar-refractivity contribution is -0.117. The van der Waals surface area contributed by atoms with Crippen LogP contribution in [-0.2, 0) is 4.79 Å². The first-order chi connectivity index (χ1) is 10.7. The number of benzene rings is 1. The number of carbonyl (C=O) groups excluding carboxylic acids is 1. The minimum Gasteiger partial charge on any atom is -0.357 e.